The molecule has 3 fully saturated rings. The van der Waals surface area contributed by atoms with E-state index >= 15 is 0 Å². The number of halogens is 1. The topological polar surface area (TPSA) is 79.8 Å². The SMILES string of the molecule is CC1(C)OC[C@@H](CCN2CCCC[C@H]2C(=O)N2CCC(c3cccc(Nc4ncc(Cl)s4)n3)CC2)O1. The Kier molecular flexibility index (Phi) is 8.12. The van der Waals surface area contributed by atoms with Gasteiger partial charge in [0.15, 0.2) is 10.9 Å². The molecule has 0 aromatic carbocycles. The Hall–Kier alpha value is -1.78. The number of nitrogens with zero attached hydrogens (tertiary/aromatic N) is 4. The van der Waals surface area contributed by atoms with Crippen molar-refractivity contribution in [1.29, 1.82) is 0 Å². The lowest BCUT2D eigenvalue weighted by atomic mass is 9.92. The van der Waals surface area contributed by atoms with Gasteiger partial charge in [-0.3, -0.25) is 9.69 Å². The molecule has 0 saturated carbocycles. The lowest BCUT2D eigenvalue weighted by molar-refractivity contribution is -0.143. The number of likely N-dealkylation sites (tertiary alicyclic amines) is 2. The molecule has 5 rings (SSSR count). The second-order valence-corrected chi connectivity index (χ2v) is 12.1. The van der Waals surface area contributed by atoms with Crippen LogP contribution in [0.3, 0.4) is 0 Å². The zero-order valence-corrected chi connectivity index (χ0v) is 22.7. The summed E-state index contributed by atoms with van der Waals surface area (Å²) in [6.45, 7) is 7.98. The summed E-state index contributed by atoms with van der Waals surface area (Å²) in [5.74, 6) is 0.919. The van der Waals surface area contributed by atoms with E-state index in [0.717, 1.165) is 81.3 Å². The van der Waals surface area contributed by atoms with Crippen LogP contribution in [0.1, 0.15) is 64.0 Å². The largest absolute Gasteiger partial charge is 0.348 e. The molecule has 196 valence electrons. The van der Waals surface area contributed by atoms with Crippen LogP contribution in [0.5, 0.6) is 0 Å². The van der Waals surface area contributed by atoms with Gasteiger partial charge in [-0.15, -0.1) is 0 Å². The van der Waals surface area contributed by atoms with Crippen LogP contribution in [0, 0.1) is 0 Å². The second-order valence-electron chi connectivity index (χ2n) is 10.4. The highest BCUT2D eigenvalue weighted by Crippen LogP contribution is 2.31. The standard InChI is InChI=1S/C26H36ClN5O3S/c1-26(2)34-17-19(35-26)11-15-31-12-4-3-7-21(31)24(33)32-13-9-18(10-14-32)20-6-5-8-23(29-20)30-25-28-16-22(27)36-25/h5-6,8,16,18-19,21H,3-4,7,9-15,17H2,1-2H3,(H,28,29,30)/t19-,21+/m1/s1. The number of pyridine rings is 1. The molecule has 36 heavy (non-hydrogen) atoms. The molecule has 2 aromatic heterocycles. The smallest absolute Gasteiger partial charge is 0.239 e. The van der Waals surface area contributed by atoms with Gasteiger partial charge in [-0.2, -0.15) is 0 Å². The quantitative estimate of drug-likeness (QED) is 0.534. The molecular weight excluding hydrogens is 498 g/mol. The van der Waals surface area contributed by atoms with Crippen molar-refractivity contribution in [3.63, 3.8) is 0 Å². The Morgan fingerprint density at radius 1 is 1.22 bits per heavy atom. The van der Waals surface area contributed by atoms with Crippen LogP contribution in [-0.4, -0.2) is 76.4 Å². The first-order chi connectivity index (χ1) is 17.4. The number of thiazole rings is 1. The molecular formula is C26H36ClN5O3S. The van der Waals surface area contributed by atoms with E-state index in [1.54, 1.807) is 6.20 Å². The van der Waals surface area contributed by atoms with Crippen LogP contribution in [0.15, 0.2) is 24.4 Å². The third-order valence-electron chi connectivity index (χ3n) is 7.41. The van der Waals surface area contributed by atoms with Crippen LogP contribution >= 0.6 is 22.9 Å². The predicted molar refractivity (Wildman–Crippen MR) is 142 cm³/mol. The summed E-state index contributed by atoms with van der Waals surface area (Å²) >= 11 is 7.38. The molecule has 8 nitrogen and oxygen atoms in total. The summed E-state index contributed by atoms with van der Waals surface area (Å²) in [5, 5.41) is 3.97. The highest BCUT2D eigenvalue weighted by atomic mass is 35.5. The number of piperidine rings is 2. The average Bonchev–Trinajstić information content (AvgIpc) is 3.46. The second kappa shape index (κ2) is 11.3. The number of amides is 1. The lowest BCUT2D eigenvalue weighted by Crippen LogP contribution is -2.53. The van der Waals surface area contributed by atoms with Gasteiger partial charge in [0.25, 0.3) is 0 Å². The zero-order chi connectivity index (χ0) is 25.1. The molecule has 0 unspecified atom stereocenters. The van der Waals surface area contributed by atoms with Gasteiger partial charge < -0.3 is 19.7 Å². The van der Waals surface area contributed by atoms with Crippen molar-refractivity contribution in [2.45, 2.75) is 76.2 Å². The first kappa shape index (κ1) is 25.9. The van der Waals surface area contributed by atoms with Gasteiger partial charge in [0.1, 0.15) is 10.2 Å². The maximum Gasteiger partial charge on any atom is 0.239 e. The number of rotatable bonds is 7. The summed E-state index contributed by atoms with van der Waals surface area (Å²) in [6, 6.07) is 6.04. The molecule has 1 N–H and O–H groups in total. The third kappa shape index (κ3) is 6.37. The zero-order valence-electron chi connectivity index (χ0n) is 21.1. The molecule has 2 atom stereocenters. The van der Waals surface area contributed by atoms with Crippen molar-refractivity contribution < 1.29 is 14.3 Å². The number of nitrogens with one attached hydrogen (secondary N) is 1. The van der Waals surface area contributed by atoms with Gasteiger partial charge in [0.2, 0.25) is 5.91 Å². The van der Waals surface area contributed by atoms with Gasteiger partial charge in [-0.1, -0.05) is 35.4 Å². The summed E-state index contributed by atoms with van der Waals surface area (Å²) < 4.78 is 12.3. The van der Waals surface area contributed by atoms with Crippen molar-refractivity contribution in [1.82, 2.24) is 19.8 Å². The van der Waals surface area contributed by atoms with Gasteiger partial charge in [0, 0.05) is 31.2 Å². The van der Waals surface area contributed by atoms with Gasteiger partial charge in [0.05, 0.1) is 24.9 Å². The Balaban J connectivity index is 1.14. The van der Waals surface area contributed by atoms with E-state index in [2.05, 4.69) is 26.2 Å². The average molecular weight is 534 g/mol. The van der Waals surface area contributed by atoms with E-state index in [-0.39, 0.29) is 12.1 Å². The maximum absolute atomic E-state index is 13.6. The Labute approximate surface area is 222 Å². The van der Waals surface area contributed by atoms with Crippen molar-refractivity contribution in [3.8, 4) is 0 Å². The van der Waals surface area contributed by atoms with E-state index in [0.29, 0.717) is 22.8 Å². The van der Waals surface area contributed by atoms with Crippen LogP contribution in [0.25, 0.3) is 0 Å². The highest BCUT2D eigenvalue weighted by molar-refractivity contribution is 7.19. The summed E-state index contributed by atoms with van der Waals surface area (Å²) in [7, 11) is 0. The van der Waals surface area contributed by atoms with Crippen LogP contribution in [0.4, 0.5) is 10.9 Å². The molecule has 0 aliphatic carbocycles. The minimum absolute atomic E-state index is 0.0126. The first-order valence-corrected chi connectivity index (χ1v) is 14.3. The summed E-state index contributed by atoms with van der Waals surface area (Å²) in [4.78, 5) is 27.1. The van der Waals surface area contributed by atoms with E-state index in [1.807, 2.05) is 26.0 Å². The number of aromatic nitrogens is 2. The maximum atomic E-state index is 13.6. The molecule has 0 bridgehead atoms. The molecule has 3 aliphatic rings. The number of hydrogen-bond donors (Lipinski definition) is 1. The van der Waals surface area contributed by atoms with Crippen LogP contribution in [0.2, 0.25) is 4.34 Å². The van der Waals surface area contributed by atoms with Crippen molar-refractivity contribution in [3.05, 3.63) is 34.4 Å². The minimum Gasteiger partial charge on any atom is -0.348 e. The van der Waals surface area contributed by atoms with Crippen LogP contribution in [-0.2, 0) is 14.3 Å². The molecule has 3 saturated heterocycles. The fraction of sp³-hybridized carbons (Fsp3) is 0.654. The summed E-state index contributed by atoms with van der Waals surface area (Å²) in [5.41, 5.74) is 1.07. The van der Waals surface area contributed by atoms with Crippen LogP contribution < -0.4 is 5.32 Å². The molecule has 2 aromatic rings. The predicted octanol–water partition coefficient (Wildman–Crippen LogP) is 5.04. The van der Waals surface area contributed by atoms with E-state index in [1.165, 1.54) is 11.3 Å². The van der Waals surface area contributed by atoms with Crippen molar-refractivity contribution in [2.75, 3.05) is 38.1 Å². The number of carbonyl (C=O) groups excluding carboxylic acids is 1. The molecule has 10 heteroatoms. The van der Waals surface area contributed by atoms with E-state index in [4.69, 9.17) is 26.1 Å². The minimum atomic E-state index is -0.495. The number of hydrogen-bond acceptors (Lipinski definition) is 8. The van der Waals surface area contributed by atoms with Crippen molar-refractivity contribution >= 4 is 39.8 Å². The summed E-state index contributed by atoms with van der Waals surface area (Å²) in [6.07, 6.45) is 7.73. The third-order valence-corrected chi connectivity index (χ3v) is 8.44. The van der Waals surface area contributed by atoms with E-state index in [9.17, 15) is 4.79 Å². The number of carbonyl (C=O) groups is 1. The Morgan fingerprint density at radius 3 is 2.78 bits per heavy atom. The lowest BCUT2D eigenvalue weighted by Gasteiger charge is -2.40. The Bertz CT molecular complexity index is 1040. The van der Waals surface area contributed by atoms with Crippen molar-refractivity contribution in [2.24, 2.45) is 0 Å². The molecule has 0 radical (unpaired) electrons. The fourth-order valence-corrected chi connectivity index (χ4v) is 6.35. The normalized spacial score (nSPS) is 25.2. The van der Waals surface area contributed by atoms with Gasteiger partial charge in [-0.05, 0) is 64.6 Å². The van der Waals surface area contributed by atoms with Gasteiger partial charge >= 0.3 is 0 Å². The number of anilines is 2. The molecule has 0 spiro atoms. The fourth-order valence-electron chi connectivity index (χ4n) is 5.53. The highest BCUT2D eigenvalue weighted by Gasteiger charge is 2.36. The number of ether oxygens (including phenoxy) is 2. The monoisotopic (exact) mass is 533 g/mol. The Morgan fingerprint density at radius 2 is 2.06 bits per heavy atom. The first-order valence-electron chi connectivity index (χ1n) is 13.1. The van der Waals surface area contributed by atoms with Gasteiger partial charge in [-0.25, -0.2) is 9.97 Å². The molecule has 1 amide bonds. The molecule has 3 aliphatic heterocycles. The van der Waals surface area contributed by atoms with E-state index < -0.39 is 5.79 Å². The molecule has 5 heterocycles.